The first kappa shape index (κ1) is 20.0. The summed E-state index contributed by atoms with van der Waals surface area (Å²) in [5, 5.41) is -1.34. The predicted octanol–water partition coefficient (Wildman–Crippen LogP) is -0.381. The van der Waals surface area contributed by atoms with Crippen molar-refractivity contribution in [2.45, 2.75) is 30.9 Å². The van der Waals surface area contributed by atoms with Gasteiger partial charge in [0.1, 0.15) is 0 Å². The van der Waals surface area contributed by atoms with E-state index in [4.69, 9.17) is 9.79 Å². The molecule has 1 unspecified atom stereocenters. The Bertz CT molecular complexity index is 605. The van der Waals surface area contributed by atoms with Gasteiger partial charge < -0.3 is 9.79 Å². The molecule has 1 aliphatic rings. The predicted molar refractivity (Wildman–Crippen MR) is 80.4 cm³/mol. The summed E-state index contributed by atoms with van der Waals surface area (Å²) >= 11 is 0. The van der Waals surface area contributed by atoms with Crippen LogP contribution >= 0.6 is 7.82 Å². The lowest BCUT2D eigenvalue weighted by Crippen LogP contribution is -2.41. The molecule has 0 bridgehead atoms. The molecule has 1 atom stereocenters. The molecule has 1 aliphatic carbocycles. The van der Waals surface area contributed by atoms with Gasteiger partial charge in [0.05, 0.1) is 23.9 Å². The van der Waals surface area contributed by atoms with Gasteiger partial charge in [-0.3, -0.25) is 4.52 Å². The van der Waals surface area contributed by atoms with Crippen molar-refractivity contribution >= 4 is 27.7 Å². The van der Waals surface area contributed by atoms with E-state index in [0.717, 1.165) is 31.9 Å². The van der Waals surface area contributed by atoms with Crippen molar-refractivity contribution in [2.75, 3.05) is 25.2 Å². The largest absolute Gasteiger partial charge is 0.469 e. The standard InChI is InChI=1S/C10H22NO8PS2/c1-21(15,16)11-6-10(7-19-20(12,13)14)22(17,18)8-9-4-2-3-5-9/h9-11H,2-8H2,1H3,(H2,12,13,14). The van der Waals surface area contributed by atoms with Crippen LogP contribution in [0.15, 0.2) is 0 Å². The number of hydrogen-bond donors (Lipinski definition) is 3. The maximum Gasteiger partial charge on any atom is 0.469 e. The molecule has 3 N–H and O–H groups in total. The fourth-order valence-corrected chi connectivity index (χ4v) is 5.32. The van der Waals surface area contributed by atoms with Gasteiger partial charge in [0.2, 0.25) is 10.0 Å². The average Bonchev–Trinajstić information content (AvgIpc) is 2.77. The highest BCUT2D eigenvalue weighted by molar-refractivity contribution is 7.92. The highest BCUT2D eigenvalue weighted by Crippen LogP contribution is 2.36. The Kier molecular flexibility index (Phi) is 7.00. The van der Waals surface area contributed by atoms with Crippen molar-refractivity contribution in [1.82, 2.24) is 4.72 Å². The minimum atomic E-state index is -4.83. The van der Waals surface area contributed by atoms with Gasteiger partial charge in [-0.05, 0) is 18.8 Å². The Balaban J connectivity index is 2.78. The van der Waals surface area contributed by atoms with E-state index in [1.165, 1.54) is 0 Å². The lowest BCUT2D eigenvalue weighted by Gasteiger charge is -2.20. The average molecular weight is 379 g/mol. The summed E-state index contributed by atoms with van der Waals surface area (Å²) in [7, 11) is -12.2. The van der Waals surface area contributed by atoms with Gasteiger partial charge >= 0.3 is 7.82 Å². The van der Waals surface area contributed by atoms with Crippen molar-refractivity contribution < 1.29 is 35.7 Å². The zero-order valence-electron chi connectivity index (χ0n) is 12.2. The zero-order valence-corrected chi connectivity index (χ0v) is 14.7. The van der Waals surface area contributed by atoms with E-state index < -0.39 is 46.1 Å². The smallest absolute Gasteiger partial charge is 0.303 e. The van der Waals surface area contributed by atoms with Gasteiger partial charge in [0, 0.05) is 6.54 Å². The summed E-state index contributed by atoms with van der Waals surface area (Å²) in [6, 6.07) is 0. The molecular weight excluding hydrogens is 357 g/mol. The molecule has 0 radical (unpaired) electrons. The lowest BCUT2D eigenvalue weighted by molar-refractivity contribution is 0.196. The van der Waals surface area contributed by atoms with E-state index in [9.17, 15) is 21.4 Å². The molecule has 1 fully saturated rings. The van der Waals surface area contributed by atoms with Gasteiger partial charge in [-0.1, -0.05) is 12.8 Å². The monoisotopic (exact) mass is 379 g/mol. The zero-order chi connectivity index (χ0) is 17.0. The molecule has 0 aromatic heterocycles. The first-order chi connectivity index (χ1) is 9.89. The molecule has 0 aliphatic heterocycles. The number of phosphoric ester groups is 1. The van der Waals surface area contributed by atoms with Crippen LogP contribution in [0.3, 0.4) is 0 Å². The van der Waals surface area contributed by atoms with E-state index in [0.29, 0.717) is 0 Å². The fraction of sp³-hybridized carbons (Fsp3) is 1.00. The van der Waals surface area contributed by atoms with E-state index in [1.54, 1.807) is 0 Å². The van der Waals surface area contributed by atoms with Gasteiger partial charge in [-0.2, -0.15) is 0 Å². The van der Waals surface area contributed by atoms with Crippen molar-refractivity contribution in [2.24, 2.45) is 5.92 Å². The summed E-state index contributed by atoms with van der Waals surface area (Å²) in [6.45, 7) is -1.24. The van der Waals surface area contributed by atoms with E-state index in [2.05, 4.69) is 4.52 Å². The second kappa shape index (κ2) is 7.69. The molecule has 12 heteroatoms. The molecule has 1 saturated carbocycles. The van der Waals surface area contributed by atoms with Crippen LogP contribution in [0.4, 0.5) is 0 Å². The Morgan fingerprint density at radius 3 is 2.23 bits per heavy atom. The SMILES string of the molecule is CS(=O)(=O)NCC(COP(=O)(O)O)S(=O)(=O)CC1CCCC1. The number of phosphoric acid groups is 1. The molecule has 22 heavy (non-hydrogen) atoms. The van der Waals surface area contributed by atoms with Crippen LogP contribution in [0.2, 0.25) is 0 Å². The normalized spacial score (nSPS) is 19.4. The van der Waals surface area contributed by atoms with E-state index in [-0.39, 0.29) is 11.7 Å². The number of sulfone groups is 1. The van der Waals surface area contributed by atoms with Gasteiger partial charge in [-0.25, -0.2) is 26.1 Å². The van der Waals surface area contributed by atoms with Gasteiger partial charge in [0.15, 0.2) is 9.84 Å². The molecule has 0 amide bonds. The number of sulfonamides is 1. The first-order valence-corrected chi connectivity index (χ1v) is 11.9. The summed E-state index contributed by atoms with van der Waals surface area (Å²) < 4.78 is 64.0. The summed E-state index contributed by atoms with van der Waals surface area (Å²) in [4.78, 5) is 17.4. The maximum absolute atomic E-state index is 12.4. The number of nitrogens with one attached hydrogen (secondary N) is 1. The minimum absolute atomic E-state index is 0.000733. The molecule has 1 rings (SSSR count). The summed E-state index contributed by atoms with van der Waals surface area (Å²) in [6.07, 6.45) is 4.34. The van der Waals surface area contributed by atoms with Crippen LogP contribution in [-0.4, -0.2) is 57.0 Å². The summed E-state index contributed by atoms with van der Waals surface area (Å²) in [5.74, 6) is -0.131. The van der Waals surface area contributed by atoms with Crippen LogP contribution < -0.4 is 4.72 Å². The molecule has 0 saturated heterocycles. The molecule has 9 nitrogen and oxygen atoms in total. The topological polar surface area (TPSA) is 147 Å². The number of rotatable bonds is 9. The van der Waals surface area contributed by atoms with Crippen molar-refractivity contribution in [3.63, 3.8) is 0 Å². The quantitative estimate of drug-likeness (QED) is 0.459. The molecule has 0 aromatic carbocycles. The van der Waals surface area contributed by atoms with Crippen LogP contribution in [0.1, 0.15) is 25.7 Å². The van der Waals surface area contributed by atoms with Crippen LogP contribution in [-0.2, 0) is 28.9 Å². The Hall–Kier alpha value is -0.0300. The highest BCUT2D eigenvalue weighted by Gasteiger charge is 2.32. The lowest BCUT2D eigenvalue weighted by atomic mass is 10.1. The Labute approximate surface area is 130 Å². The molecule has 0 spiro atoms. The maximum atomic E-state index is 12.4. The molecule has 132 valence electrons. The van der Waals surface area contributed by atoms with Crippen LogP contribution in [0.25, 0.3) is 0 Å². The minimum Gasteiger partial charge on any atom is -0.303 e. The van der Waals surface area contributed by atoms with Crippen LogP contribution in [0, 0.1) is 5.92 Å². The van der Waals surface area contributed by atoms with Crippen molar-refractivity contribution in [3.05, 3.63) is 0 Å². The summed E-state index contributed by atoms with van der Waals surface area (Å²) in [5.41, 5.74) is 0. The second-order valence-corrected chi connectivity index (χ2v) is 10.9. The third kappa shape index (κ3) is 8.00. The van der Waals surface area contributed by atoms with E-state index in [1.807, 2.05) is 4.72 Å². The molecular formula is C10H22NO8PS2. The van der Waals surface area contributed by atoms with Gasteiger partial charge in [-0.15, -0.1) is 0 Å². The van der Waals surface area contributed by atoms with Crippen LogP contribution in [0.5, 0.6) is 0 Å². The third-order valence-electron chi connectivity index (χ3n) is 3.45. The molecule has 0 aromatic rings. The first-order valence-electron chi connectivity index (χ1n) is 6.75. The van der Waals surface area contributed by atoms with Gasteiger partial charge in [0.25, 0.3) is 0 Å². The second-order valence-electron chi connectivity index (χ2n) is 5.51. The molecule has 0 heterocycles. The Morgan fingerprint density at radius 1 is 1.23 bits per heavy atom. The third-order valence-corrected chi connectivity index (χ3v) is 6.88. The van der Waals surface area contributed by atoms with Crippen molar-refractivity contribution in [3.8, 4) is 0 Å². The fourth-order valence-electron chi connectivity index (χ4n) is 2.36. The van der Waals surface area contributed by atoms with E-state index >= 15 is 0 Å². The highest BCUT2D eigenvalue weighted by atomic mass is 32.2. The van der Waals surface area contributed by atoms with Crippen molar-refractivity contribution in [1.29, 1.82) is 0 Å². The Morgan fingerprint density at radius 2 is 1.77 bits per heavy atom. The number of hydrogen-bond acceptors (Lipinski definition) is 6.